The zero-order valence-corrected chi connectivity index (χ0v) is 14.4. The Hall–Kier alpha value is -0.953. The molecule has 0 radical (unpaired) electrons. The third-order valence-corrected chi connectivity index (χ3v) is 3.41. The maximum absolute atomic E-state index is 12.1. The summed E-state index contributed by atoms with van der Waals surface area (Å²) in [6.07, 6.45) is 3.37. The Morgan fingerprint density at radius 3 is 2.32 bits per heavy atom. The molecular formula is C14H20LiNO5P-. The predicted molar refractivity (Wildman–Crippen MR) is 77.8 cm³/mol. The third-order valence-electron chi connectivity index (χ3n) is 3.41. The summed E-state index contributed by atoms with van der Waals surface area (Å²) in [4.78, 5) is 46.9. The normalized spacial score (nSPS) is 19.7. The van der Waals surface area contributed by atoms with Crippen molar-refractivity contribution in [3.05, 3.63) is 11.6 Å². The van der Waals surface area contributed by atoms with Crippen molar-refractivity contribution in [1.82, 2.24) is 4.90 Å². The molecule has 6 nitrogen and oxygen atoms in total. The van der Waals surface area contributed by atoms with Gasteiger partial charge in [0.2, 0.25) is 5.91 Å². The van der Waals surface area contributed by atoms with Gasteiger partial charge in [-0.3, -0.25) is 19.3 Å². The van der Waals surface area contributed by atoms with Crippen molar-refractivity contribution < 1.29 is 43.1 Å². The number of likely N-dealkylation sites (tertiary alicyclic amines) is 1. The molecule has 1 atom stereocenters. The number of carboxylic acid groups (broad SMARTS) is 1. The molecule has 0 aromatic rings. The molecule has 0 bridgehead atoms. The van der Waals surface area contributed by atoms with Crippen LogP contribution in [0.5, 0.6) is 0 Å². The van der Waals surface area contributed by atoms with Crippen LogP contribution in [0.4, 0.5) is 0 Å². The molecule has 0 spiro atoms. The summed E-state index contributed by atoms with van der Waals surface area (Å²) in [6.45, 7) is 1.59. The van der Waals surface area contributed by atoms with Crippen molar-refractivity contribution in [2.75, 3.05) is 7.05 Å². The van der Waals surface area contributed by atoms with Crippen LogP contribution in [-0.2, 0) is 19.2 Å². The van der Waals surface area contributed by atoms with Gasteiger partial charge >= 0.3 is 18.9 Å². The first kappa shape index (κ1) is 23.3. The van der Waals surface area contributed by atoms with E-state index in [4.69, 9.17) is 0 Å². The minimum Gasteiger partial charge on any atom is -0.577 e. The molecule has 1 aliphatic heterocycles. The van der Waals surface area contributed by atoms with Gasteiger partial charge in [-0.15, -0.1) is 0 Å². The number of rotatable bonds is 6. The maximum Gasteiger partial charge on any atom is 1.00 e. The second-order valence-electron chi connectivity index (χ2n) is 4.79. The molecule has 1 aliphatic rings. The van der Waals surface area contributed by atoms with Gasteiger partial charge in [-0.2, -0.15) is 0 Å². The number of carbonyl (C=O) groups excluding carboxylic acids is 4. The largest absolute Gasteiger partial charge is 1.00 e. The Bertz CT molecular complexity index is 478. The van der Waals surface area contributed by atoms with E-state index in [9.17, 15) is 24.3 Å². The molecule has 0 aromatic carbocycles. The van der Waals surface area contributed by atoms with Crippen LogP contribution in [0, 0.1) is 5.92 Å². The average molecular weight is 320 g/mol. The van der Waals surface area contributed by atoms with E-state index in [-0.39, 0.29) is 40.8 Å². The Morgan fingerprint density at radius 1 is 1.23 bits per heavy atom. The molecule has 1 heterocycles. The van der Waals surface area contributed by atoms with Gasteiger partial charge in [0.15, 0.2) is 5.78 Å². The third kappa shape index (κ3) is 5.68. The topological polar surface area (TPSA) is 94.6 Å². The van der Waals surface area contributed by atoms with E-state index in [1.807, 2.05) is 0 Å². The van der Waals surface area contributed by atoms with Crippen LogP contribution in [0.25, 0.3) is 0 Å². The Kier molecular flexibility index (Phi) is 11.4. The molecule has 1 saturated heterocycles. The van der Waals surface area contributed by atoms with Gasteiger partial charge < -0.3 is 19.8 Å². The molecule has 0 saturated carbocycles. The van der Waals surface area contributed by atoms with Crippen LogP contribution >= 0.6 is 9.90 Å². The second kappa shape index (κ2) is 10.7. The fourth-order valence-electron chi connectivity index (χ4n) is 2.23. The Balaban J connectivity index is 0. The number of unbranched alkanes of at least 4 members (excludes halogenated alkanes) is 2. The summed E-state index contributed by atoms with van der Waals surface area (Å²) < 4.78 is 0. The number of allylic oxidation sites excluding steroid dienone is 1. The Morgan fingerprint density at radius 2 is 1.82 bits per heavy atom. The van der Waals surface area contributed by atoms with Crippen LogP contribution in [0.15, 0.2) is 11.6 Å². The number of piperidine rings is 1. The second-order valence-corrected chi connectivity index (χ2v) is 4.79. The molecule has 1 unspecified atom stereocenters. The molecule has 22 heavy (non-hydrogen) atoms. The zero-order chi connectivity index (χ0) is 15.3. The van der Waals surface area contributed by atoms with E-state index in [0.29, 0.717) is 25.7 Å². The van der Waals surface area contributed by atoms with E-state index in [0.717, 1.165) is 4.90 Å². The number of nitrogens with zero attached hydrogens (tertiary/aromatic N) is 1. The van der Waals surface area contributed by atoms with Gasteiger partial charge in [0.05, 0.1) is 5.57 Å². The van der Waals surface area contributed by atoms with Gasteiger partial charge in [0.25, 0.3) is 5.91 Å². The number of hydrogen-bond donors (Lipinski definition) is 0. The van der Waals surface area contributed by atoms with Gasteiger partial charge in [-0.25, -0.2) is 0 Å². The van der Waals surface area contributed by atoms with Gasteiger partial charge in [0, 0.05) is 13.0 Å². The van der Waals surface area contributed by atoms with Crippen molar-refractivity contribution in [2.24, 2.45) is 5.92 Å². The summed E-state index contributed by atoms with van der Waals surface area (Å²) in [7, 11) is 1.36. The summed E-state index contributed by atoms with van der Waals surface area (Å²) in [6, 6.07) is 0. The van der Waals surface area contributed by atoms with Crippen molar-refractivity contribution in [3.63, 3.8) is 0 Å². The number of hydrogen-bond acceptors (Lipinski definition) is 5. The molecule has 118 valence electrons. The summed E-state index contributed by atoms with van der Waals surface area (Å²) in [5, 5.41) is 10.3. The quantitative estimate of drug-likeness (QED) is 0.0998. The average Bonchev–Trinajstić information content (AvgIpc) is 2.40. The van der Waals surface area contributed by atoms with Crippen molar-refractivity contribution in [1.29, 1.82) is 0 Å². The fourth-order valence-corrected chi connectivity index (χ4v) is 2.23. The molecule has 2 amide bonds. The molecule has 0 N–H and O–H groups in total. The predicted octanol–water partition coefficient (Wildman–Crippen LogP) is -2.85. The monoisotopic (exact) mass is 320 g/mol. The van der Waals surface area contributed by atoms with E-state index in [1.54, 1.807) is 6.92 Å². The first-order valence-electron chi connectivity index (χ1n) is 6.62. The number of amides is 2. The minimum atomic E-state index is -1.10. The van der Waals surface area contributed by atoms with Gasteiger partial charge in [-0.05, 0) is 26.2 Å². The minimum absolute atomic E-state index is 0. The van der Waals surface area contributed by atoms with Crippen LogP contribution in [-0.4, -0.2) is 35.5 Å². The van der Waals surface area contributed by atoms with Crippen LogP contribution < -0.4 is 24.0 Å². The SMILES string of the molecule is C/C=C1\C(=O)C(CCCCCC(=O)[O-])C(=O)N(C)C1=O.[Li+].[PH2-]. The Labute approximate surface area is 145 Å². The molecule has 0 aromatic heterocycles. The number of carbonyl (C=O) groups is 4. The standard InChI is InChI=1S/C14H19NO5.Li.H2P/c1-3-9-12(18)10(14(20)15(2)13(9)19)7-5-4-6-8-11(16)17;;/h3,10H,4-8H2,1-2H3,(H,16,17);;1H2/q;+1;-1/p-1/b9-3+;;. The van der Waals surface area contributed by atoms with Crippen molar-refractivity contribution in [2.45, 2.75) is 39.0 Å². The smallest absolute Gasteiger partial charge is 0.577 e. The van der Waals surface area contributed by atoms with E-state index >= 15 is 0 Å². The number of imide groups is 1. The molecule has 1 rings (SSSR count). The van der Waals surface area contributed by atoms with Crippen LogP contribution in [0.1, 0.15) is 39.0 Å². The first-order valence-corrected chi connectivity index (χ1v) is 6.62. The van der Waals surface area contributed by atoms with Crippen LogP contribution in [0.3, 0.4) is 0 Å². The van der Waals surface area contributed by atoms with E-state index in [1.165, 1.54) is 13.1 Å². The number of ketones is 1. The van der Waals surface area contributed by atoms with Gasteiger partial charge in [-0.1, -0.05) is 18.9 Å². The summed E-state index contributed by atoms with van der Waals surface area (Å²) in [5.41, 5.74) is 0.0480. The summed E-state index contributed by atoms with van der Waals surface area (Å²) in [5.74, 6) is -3.40. The molecule has 1 fully saturated rings. The van der Waals surface area contributed by atoms with Crippen LogP contribution in [0.2, 0.25) is 0 Å². The van der Waals surface area contributed by atoms with Crippen molar-refractivity contribution >= 4 is 33.5 Å². The van der Waals surface area contributed by atoms with Gasteiger partial charge in [0.1, 0.15) is 5.92 Å². The zero-order valence-electron chi connectivity index (χ0n) is 13.3. The van der Waals surface area contributed by atoms with E-state index < -0.39 is 29.5 Å². The maximum atomic E-state index is 12.1. The summed E-state index contributed by atoms with van der Waals surface area (Å²) >= 11 is 0. The fraction of sp³-hybridized carbons (Fsp3) is 0.571. The number of likely N-dealkylation sites (N-methyl/N-ethyl adjacent to an activating group) is 1. The first-order chi connectivity index (χ1) is 9.40. The van der Waals surface area contributed by atoms with Crippen molar-refractivity contribution in [3.8, 4) is 0 Å². The number of Topliss-reactive ketones (excluding diaryl/α,β-unsaturated/α-hetero) is 1. The number of aliphatic carboxylic acids is 1. The number of carboxylic acids is 1. The molecule has 8 heteroatoms. The van der Waals surface area contributed by atoms with E-state index in [2.05, 4.69) is 0 Å². The molecular weight excluding hydrogens is 300 g/mol. The molecule has 0 aliphatic carbocycles.